The van der Waals surface area contributed by atoms with Gasteiger partial charge in [0, 0.05) is 36.2 Å². The molecular weight excluding hydrogens is 301 g/mol. The Morgan fingerprint density at radius 2 is 2.28 bits per heavy atom. The van der Waals surface area contributed by atoms with Crippen LogP contribution in [0, 0.1) is 5.82 Å². The minimum atomic E-state index is -0.312. The fourth-order valence-electron chi connectivity index (χ4n) is 1.44. The number of amides is 1. The first-order valence-corrected chi connectivity index (χ1v) is 6.71. The SMILES string of the molecule is CCOCCCC(=O)NCc1cc(Br)ccc1F. The summed E-state index contributed by atoms with van der Waals surface area (Å²) >= 11 is 3.27. The topological polar surface area (TPSA) is 38.3 Å². The van der Waals surface area contributed by atoms with Gasteiger partial charge in [0.25, 0.3) is 0 Å². The first-order valence-electron chi connectivity index (χ1n) is 5.92. The molecule has 0 aromatic heterocycles. The molecule has 0 saturated carbocycles. The van der Waals surface area contributed by atoms with Crippen molar-refractivity contribution in [2.75, 3.05) is 13.2 Å². The minimum absolute atomic E-state index is 0.0888. The fraction of sp³-hybridized carbons (Fsp3) is 0.462. The number of benzene rings is 1. The van der Waals surface area contributed by atoms with Gasteiger partial charge in [-0.1, -0.05) is 15.9 Å². The number of halogens is 2. The van der Waals surface area contributed by atoms with E-state index in [1.165, 1.54) is 6.07 Å². The molecule has 1 amide bonds. The van der Waals surface area contributed by atoms with E-state index in [0.29, 0.717) is 31.6 Å². The maximum atomic E-state index is 13.4. The molecular formula is C13H17BrFNO2. The van der Waals surface area contributed by atoms with Crippen molar-refractivity contribution in [3.63, 3.8) is 0 Å². The van der Waals surface area contributed by atoms with Gasteiger partial charge >= 0.3 is 0 Å². The van der Waals surface area contributed by atoms with Gasteiger partial charge in [0.15, 0.2) is 0 Å². The second-order valence-corrected chi connectivity index (χ2v) is 4.73. The Morgan fingerprint density at radius 1 is 1.50 bits per heavy atom. The van der Waals surface area contributed by atoms with E-state index < -0.39 is 0 Å². The van der Waals surface area contributed by atoms with E-state index in [9.17, 15) is 9.18 Å². The summed E-state index contributed by atoms with van der Waals surface area (Å²) in [7, 11) is 0. The van der Waals surface area contributed by atoms with E-state index >= 15 is 0 Å². The Labute approximate surface area is 115 Å². The molecule has 0 aliphatic rings. The Morgan fingerprint density at radius 3 is 3.00 bits per heavy atom. The van der Waals surface area contributed by atoms with Crippen molar-refractivity contribution in [3.8, 4) is 0 Å². The third-order valence-electron chi connectivity index (χ3n) is 2.38. The standard InChI is InChI=1S/C13H17BrFNO2/c1-2-18-7-3-4-13(17)16-9-10-8-11(14)5-6-12(10)15/h5-6,8H,2-4,7,9H2,1H3,(H,16,17). The van der Waals surface area contributed by atoms with Gasteiger partial charge in [-0.15, -0.1) is 0 Å². The molecule has 0 unspecified atom stereocenters. The molecule has 0 radical (unpaired) electrons. The van der Waals surface area contributed by atoms with Crippen LogP contribution in [0.25, 0.3) is 0 Å². The molecule has 0 saturated heterocycles. The highest BCUT2D eigenvalue weighted by molar-refractivity contribution is 9.10. The second kappa shape index (κ2) is 8.21. The summed E-state index contributed by atoms with van der Waals surface area (Å²) in [5.74, 6) is -0.401. The van der Waals surface area contributed by atoms with E-state index in [2.05, 4.69) is 21.2 Å². The number of ether oxygens (including phenoxy) is 1. The van der Waals surface area contributed by atoms with Crippen LogP contribution in [0.4, 0.5) is 4.39 Å². The van der Waals surface area contributed by atoms with Crippen LogP contribution in [0.2, 0.25) is 0 Å². The molecule has 1 aromatic rings. The summed E-state index contributed by atoms with van der Waals surface area (Å²) in [5, 5.41) is 2.69. The van der Waals surface area contributed by atoms with E-state index in [-0.39, 0.29) is 18.3 Å². The van der Waals surface area contributed by atoms with Gasteiger partial charge in [0.1, 0.15) is 5.82 Å². The minimum Gasteiger partial charge on any atom is -0.382 e. The van der Waals surface area contributed by atoms with Gasteiger partial charge in [-0.3, -0.25) is 4.79 Å². The van der Waals surface area contributed by atoms with Crippen molar-refractivity contribution >= 4 is 21.8 Å². The summed E-state index contributed by atoms with van der Waals surface area (Å²) in [6.07, 6.45) is 1.08. The molecule has 1 rings (SSSR count). The fourth-order valence-corrected chi connectivity index (χ4v) is 1.85. The molecule has 100 valence electrons. The number of carbonyl (C=O) groups excluding carboxylic acids is 1. The molecule has 3 nitrogen and oxygen atoms in total. The average Bonchev–Trinajstić information content (AvgIpc) is 2.36. The number of nitrogens with one attached hydrogen (secondary N) is 1. The van der Waals surface area contributed by atoms with Crippen molar-refractivity contribution < 1.29 is 13.9 Å². The van der Waals surface area contributed by atoms with Gasteiger partial charge < -0.3 is 10.1 Å². The maximum absolute atomic E-state index is 13.4. The Bertz CT molecular complexity index is 399. The summed E-state index contributed by atoms with van der Waals surface area (Å²) in [6, 6.07) is 4.67. The zero-order valence-electron chi connectivity index (χ0n) is 10.3. The lowest BCUT2D eigenvalue weighted by Gasteiger charge is -2.07. The van der Waals surface area contributed by atoms with E-state index in [0.717, 1.165) is 4.47 Å². The highest BCUT2D eigenvalue weighted by Crippen LogP contribution is 2.15. The highest BCUT2D eigenvalue weighted by Gasteiger charge is 2.05. The third-order valence-corrected chi connectivity index (χ3v) is 2.87. The first kappa shape index (κ1) is 15.1. The van der Waals surface area contributed by atoms with Crippen molar-refractivity contribution in [3.05, 3.63) is 34.1 Å². The van der Waals surface area contributed by atoms with Crippen LogP contribution in [-0.4, -0.2) is 19.1 Å². The number of carbonyl (C=O) groups is 1. The molecule has 0 aliphatic carbocycles. The predicted octanol–water partition coefficient (Wildman–Crippen LogP) is 3.02. The van der Waals surface area contributed by atoms with E-state index in [1.807, 2.05) is 6.92 Å². The van der Waals surface area contributed by atoms with Crippen LogP contribution in [0.1, 0.15) is 25.3 Å². The Kier molecular flexibility index (Phi) is 6.90. The molecule has 0 atom stereocenters. The lowest BCUT2D eigenvalue weighted by molar-refractivity contribution is -0.121. The lowest BCUT2D eigenvalue weighted by atomic mass is 10.2. The monoisotopic (exact) mass is 317 g/mol. The van der Waals surface area contributed by atoms with Gasteiger partial charge in [-0.2, -0.15) is 0 Å². The van der Waals surface area contributed by atoms with Crippen LogP contribution in [-0.2, 0) is 16.1 Å². The Hall–Kier alpha value is -0.940. The van der Waals surface area contributed by atoms with E-state index in [1.54, 1.807) is 12.1 Å². The molecule has 0 fully saturated rings. The number of hydrogen-bond acceptors (Lipinski definition) is 2. The van der Waals surface area contributed by atoms with Crippen molar-refractivity contribution in [2.45, 2.75) is 26.3 Å². The van der Waals surface area contributed by atoms with Crippen molar-refractivity contribution in [1.29, 1.82) is 0 Å². The smallest absolute Gasteiger partial charge is 0.220 e. The molecule has 18 heavy (non-hydrogen) atoms. The van der Waals surface area contributed by atoms with Crippen LogP contribution in [0.15, 0.2) is 22.7 Å². The first-order chi connectivity index (χ1) is 8.63. The zero-order chi connectivity index (χ0) is 13.4. The molecule has 0 aliphatic heterocycles. The van der Waals surface area contributed by atoms with Crippen molar-refractivity contribution in [1.82, 2.24) is 5.32 Å². The average molecular weight is 318 g/mol. The third kappa shape index (κ3) is 5.60. The van der Waals surface area contributed by atoms with Crippen molar-refractivity contribution in [2.24, 2.45) is 0 Å². The molecule has 0 heterocycles. The van der Waals surface area contributed by atoms with E-state index in [4.69, 9.17) is 4.74 Å². The number of hydrogen-bond donors (Lipinski definition) is 1. The Balaban J connectivity index is 2.31. The van der Waals surface area contributed by atoms with Crippen LogP contribution in [0.3, 0.4) is 0 Å². The number of rotatable bonds is 7. The highest BCUT2D eigenvalue weighted by atomic mass is 79.9. The summed E-state index contributed by atoms with van der Waals surface area (Å²) in [6.45, 7) is 3.36. The van der Waals surface area contributed by atoms with Gasteiger partial charge in [0.2, 0.25) is 5.91 Å². The molecule has 0 bridgehead atoms. The maximum Gasteiger partial charge on any atom is 0.220 e. The van der Waals surface area contributed by atoms with Crippen LogP contribution in [0.5, 0.6) is 0 Å². The largest absolute Gasteiger partial charge is 0.382 e. The van der Waals surface area contributed by atoms with Gasteiger partial charge in [-0.25, -0.2) is 4.39 Å². The van der Waals surface area contributed by atoms with Crippen LogP contribution >= 0.6 is 15.9 Å². The summed E-state index contributed by atoms with van der Waals surface area (Å²) in [4.78, 5) is 11.5. The van der Waals surface area contributed by atoms with Crippen LogP contribution < -0.4 is 5.32 Å². The zero-order valence-corrected chi connectivity index (χ0v) is 11.9. The summed E-state index contributed by atoms with van der Waals surface area (Å²) in [5.41, 5.74) is 0.475. The summed E-state index contributed by atoms with van der Waals surface area (Å²) < 4.78 is 19.3. The second-order valence-electron chi connectivity index (χ2n) is 3.81. The molecule has 1 aromatic carbocycles. The normalized spacial score (nSPS) is 10.4. The molecule has 1 N–H and O–H groups in total. The quantitative estimate of drug-likeness (QED) is 0.785. The van der Waals surface area contributed by atoms with Gasteiger partial charge in [0.05, 0.1) is 0 Å². The molecule has 0 spiro atoms. The van der Waals surface area contributed by atoms with Gasteiger partial charge in [-0.05, 0) is 31.5 Å². The predicted molar refractivity (Wildman–Crippen MR) is 71.7 cm³/mol. The molecule has 5 heteroatoms. The lowest BCUT2D eigenvalue weighted by Crippen LogP contribution is -2.23.